The maximum Gasteiger partial charge on any atom is 0.261 e. The van der Waals surface area contributed by atoms with Crippen molar-refractivity contribution in [1.29, 1.82) is 0 Å². The summed E-state index contributed by atoms with van der Waals surface area (Å²) in [6.07, 6.45) is 1.65. The second kappa shape index (κ2) is 8.97. The van der Waals surface area contributed by atoms with Gasteiger partial charge in [0.15, 0.2) is 15.0 Å². The number of carbonyl (C=O) groups excluding carboxylic acids is 1. The summed E-state index contributed by atoms with van der Waals surface area (Å²) in [5.41, 5.74) is 2.42. The number of benzene rings is 2. The van der Waals surface area contributed by atoms with Gasteiger partial charge in [0.25, 0.3) is 5.91 Å². The van der Waals surface area contributed by atoms with Gasteiger partial charge >= 0.3 is 0 Å². The van der Waals surface area contributed by atoms with Crippen molar-refractivity contribution in [3.63, 3.8) is 0 Å². The average Bonchev–Trinajstić information content (AvgIpc) is 3.22. The molecule has 0 spiro atoms. The number of fused-ring (bicyclic) bond motifs is 1. The molecule has 0 N–H and O–H groups in total. The fraction of sp³-hybridized carbons (Fsp3) is 0.174. The van der Waals surface area contributed by atoms with E-state index in [0.29, 0.717) is 15.8 Å². The van der Waals surface area contributed by atoms with Gasteiger partial charge in [0.05, 0.1) is 38.7 Å². The van der Waals surface area contributed by atoms with Gasteiger partial charge in [-0.1, -0.05) is 48.1 Å². The monoisotopic (exact) mass is 485 g/mol. The third-order valence-corrected chi connectivity index (χ3v) is 8.02. The summed E-state index contributed by atoms with van der Waals surface area (Å²) in [6.45, 7) is 3.61. The lowest BCUT2D eigenvalue weighted by atomic mass is 10.2. The predicted octanol–water partition coefficient (Wildman–Crippen LogP) is 5.29. The van der Waals surface area contributed by atoms with Crippen LogP contribution in [-0.2, 0) is 16.4 Å². The lowest BCUT2D eigenvalue weighted by molar-refractivity contribution is 0.0981. The number of anilines is 1. The number of hydrogen-bond acceptors (Lipinski definition) is 6. The van der Waals surface area contributed by atoms with Crippen molar-refractivity contribution < 1.29 is 13.2 Å². The van der Waals surface area contributed by atoms with Crippen LogP contribution in [0.3, 0.4) is 0 Å². The van der Waals surface area contributed by atoms with Crippen LogP contribution in [0, 0.1) is 6.92 Å². The summed E-state index contributed by atoms with van der Waals surface area (Å²) < 4.78 is 26.2. The molecule has 0 atom stereocenters. The molecule has 0 fully saturated rings. The Kier molecular flexibility index (Phi) is 6.28. The zero-order valence-corrected chi connectivity index (χ0v) is 19.8. The fourth-order valence-corrected chi connectivity index (χ4v) is 5.86. The van der Waals surface area contributed by atoms with E-state index in [-0.39, 0.29) is 22.8 Å². The van der Waals surface area contributed by atoms with Crippen molar-refractivity contribution in [2.75, 3.05) is 10.7 Å². The van der Waals surface area contributed by atoms with Gasteiger partial charge in [0, 0.05) is 11.2 Å². The van der Waals surface area contributed by atoms with E-state index in [1.54, 1.807) is 31.3 Å². The SMILES string of the molecule is CCS(=O)(=O)c1ccccc1C(=O)N(Cc1ccccn1)c1nc2c(C)cc(Cl)cc2s1. The Morgan fingerprint density at radius 2 is 1.88 bits per heavy atom. The molecule has 0 aliphatic carbocycles. The summed E-state index contributed by atoms with van der Waals surface area (Å²) in [4.78, 5) is 24.3. The highest BCUT2D eigenvalue weighted by molar-refractivity contribution is 7.91. The van der Waals surface area contributed by atoms with E-state index in [2.05, 4.69) is 4.98 Å². The maximum absolute atomic E-state index is 13.7. The van der Waals surface area contributed by atoms with Crippen LogP contribution in [0.2, 0.25) is 5.02 Å². The third kappa shape index (κ3) is 4.39. The van der Waals surface area contributed by atoms with E-state index >= 15 is 0 Å². The minimum Gasteiger partial charge on any atom is -0.278 e. The number of nitrogens with zero attached hydrogens (tertiary/aromatic N) is 3. The lowest BCUT2D eigenvalue weighted by Crippen LogP contribution is -2.32. The second-order valence-electron chi connectivity index (χ2n) is 7.18. The molecule has 0 radical (unpaired) electrons. The van der Waals surface area contributed by atoms with Gasteiger partial charge in [0.1, 0.15) is 0 Å². The van der Waals surface area contributed by atoms with E-state index in [0.717, 1.165) is 15.8 Å². The number of pyridine rings is 1. The molecular weight excluding hydrogens is 466 g/mol. The highest BCUT2D eigenvalue weighted by atomic mass is 35.5. The van der Waals surface area contributed by atoms with E-state index in [1.165, 1.54) is 28.4 Å². The van der Waals surface area contributed by atoms with Crippen LogP contribution in [0.15, 0.2) is 65.7 Å². The Bertz CT molecular complexity index is 1400. The molecule has 0 aliphatic rings. The molecule has 2 heterocycles. The van der Waals surface area contributed by atoms with E-state index in [1.807, 2.05) is 31.2 Å². The van der Waals surface area contributed by atoms with Gasteiger partial charge in [-0.05, 0) is 48.9 Å². The normalized spacial score (nSPS) is 11.6. The van der Waals surface area contributed by atoms with Crippen LogP contribution >= 0.6 is 22.9 Å². The standard InChI is InChI=1S/C23H20ClN3O3S2/c1-3-32(29,30)20-10-5-4-9-18(20)22(28)27(14-17-8-6-7-11-25-17)23-26-21-15(2)12-16(24)13-19(21)31-23/h4-13H,3,14H2,1-2H3. The molecule has 0 bridgehead atoms. The van der Waals surface area contributed by atoms with Gasteiger partial charge in [-0.3, -0.25) is 14.7 Å². The Balaban J connectivity index is 1.86. The number of sulfone groups is 1. The zero-order valence-electron chi connectivity index (χ0n) is 17.4. The van der Waals surface area contributed by atoms with Crippen LogP contribution in [0.5, 0.6) is 0 Å². The molecule has 0 saturated heterocycles. The Morgan fingerprint density at radius 3 is 2.59 bits per heavy atom. The molecule has 6 nitrogen and oxygen atoms in total. The maximum atomic E-state index is 13.7. The fourth-order valence-electron chi connectivity index (χ4n) is 3.35. The van der Waals surface area contributed by atoms with E-state index in [4.69, 9.17) is 16.6 Å². The van der Waals surface area contributed by atoms with Crippen molar-refractivity contribution in [3.05, 3.63) is 82.6 Å². The first-order chi connectivity index (χ1) is 15.3. The van der Waals surface area contributed by atoms with Gasteiger partial charge in [-0.25, -0.2) is 13.4 Å². The van der Waals surface area contributed by atoms with Gasteiger partial charge in [0.2, 0.25) is 0 Å². The minimum atomic E-state index is -3.60. The number of aromatic nitrogens is 2. The van der Waals surface area contributed by atoms with Crippen molar-refractivity contribution in [2.45, 2.75) is 25.3 Å². The molecule has 9 heteroatoms. The number of amides is 1. The molecule has 0 saturated carbocycles. The highest BCUT2D eigenvalue weighted by Gasteiger charge is 2.28. The Hall–Kier alpha value is -2.81. The smallest absolute Gasteiger partial charge is 0.261 e. The largest absolute Gasteiger partial charge is 0.278 e. The molecule has 164 valence electrons. The summed E-state index contributed by atoms with van der Waals surface area (Å²) in [5.74, 6) is -0.554. The van der Waals surface area contributed by atoms with Crippen molar-refractivity contribution >= 4 is 54.0 Å². The molecule has 4 rings (SSSR count). The molecule has 2 aromatic carbocycles. The van der Waals surface area contributed by atoms with Crippen LogP contribution < -0.4 is 4.90 Å². The number of halogens is 1. The summed E-state index contributed by atoms with van der Waals surface area (Å²) in [5, 5.41) is 1.04. The van der Waals surface area contributed by atoms with Crippen LogP contribution in [0.25, 0.3) is 10.2 Å². The highest BCUT2D eigenvalue weighted by Crippen LogP contribution is 2.34. The second-order valence-corrected chi connectivity index (χ2v) is 10.9. The number of rotatable bonds is 6. The number of thiazole rings is 1. The first kappa shape index (κ1) is 22.4. The number of aryl methyl sites for hydroxylation is 1. The van der Waals surface area contributed by atoms with E-state index in [9.17, 15) is 13.2 Å². The van der Waals surface area contributed by atoms with Gasteiger partial charge < -0.3 is 0 Å². The summed E-state index contributed by atoms with van der Waals surface area (Å²) >= 11 is 7.54. The first-order valence-electron chi connectivity index (χ1n) is 9.90. The quantitative estimate of drug-likeness (QED) is 0.370. The molecular formula is C23H20ClN3O3S2. The number of carbonyl (C=O) groups is 1. The Labute approximate surface area is 195 Å². The van der Waals surface area contributed by atoms with Gasteiger partial charge in [-0.2, -0.15) is 0 Å². The molecule has 4 aromatic rings. The zero-order chi connectivity index (χ0) is 22.9. The molecule has 0 aliphatic heterocycles. The number of hydrogen-bond donors (Lipinski definition) is 0. The minimum absolute atomic E-state index is 0.0128. The lowest BCUT2D eigenvalue weighted by Gasteiger charge is -2.21. The summed E-state index contributed by atoms with van der Waals surface area (Å²) in [6, 6.07) is 15.3. The van der Waals surface area contributed by atoms with Crippen molar-refractivity contribution in [1.82, 2.24) is 9.97 Å². The van der Waals surface area contributed by atoms with Crippen molar-refractivity contribution in [2.24, 2.45) is 0 Å². The first-order valence-corrected chi connectivity index (χ1v) is 12.7. The van der Waals surface area contributed by atoms with Gasteiger partial charge in [-0.15, -0.1) is 0 Å². The van der Waals surface area contributed by atoms with E-state index < -0.39 is 15.7 Å². The molecule has 32 heavy (non-hydrogen) atoms. The van der Waals surface area contributed by atoms with Crippen LogP contribution in [0.4, 0.5) is 5.13 Å². The van der Waals surface area contributed by atoms with Crippen LogP contribution in [-0.4, -0.2) is 30.0 Å². The third-order valence-electron chi connectivity index (χ3n) is 4.99. The Morgan fingerprint density at radius 1 is 1.12 bits per heavy atom. The topological polar surface area (TPSA) is 80.2 Å². The predicted molar refractivity (Wildman–Crippen MR) is 128 cm³/mol. The molecule has 1 amide bonds. The summed E-state index contributed by atoms with van der Waals surface area (Å²) in [7, 11) is -3.60. The van der Waals surface area contributed by atoms with Crippen LogP contribution in [0.1, 0.15) is 28.5 Å². The van der Waals surface area contributed by atoms with Crippen molar-refractivity contribution in [3.8, 4) is 0 Å². The average molecular weight is 486 g/mol. The molecule has 2 aromatic heterocycles. The molecule has 0 unspecified atom stereocenters.